The molecule has 1 atom stereocenters. The lowest BCUT2D eigenvalue weighted by Gasteiger charge is -2.24. The number of fused-ring (bicyclic) bond motifs is 1. The Balaban J connectivity index is 1.53. The average molecular weight is 356 g/mol. The Morgan fingerprint density at radius 3 is 2.81 bits per heavy atom. The lowest BCUT2D eigenvalue weighted by molar-refractivity contribution is -0.125. The van der Waals surface area contributed by atoms with E-state index in [-0.39, 0.29) is 18.7 Å². The fraction of sp³-hybridized carbons (Fsp3) is 0.350. The number of hydrogen-bond donors (Lipinski definition) is 1. The maximum Gasteiger partial charge on any atom is 0.237 e. The molecule has 0 saturated heterocycles. The molecule has 1 aliphatic rings. The molecule has 2 aromatic carbocycles. The van der Waals surface area contributed by atoms with E-state index in [9.17, 15) is 4.79 Å². The van der Waals surface area contributed by atoms with E-state index < -0.39 is 0 Å². The van der Waals surface area contributed by atoms with Crippen molar-refractivity contribution in [1.29, 1.82) is 0 Å². The number of amides is 1. The summed E-state index contributed by atoms with van der Waals surface area (Å²) >= 11 is 0. The molecule has 0 fully saturated rings. The molecule has 138 valence electrons. The molecule has 1 aliphatic heterocycles. The first-order valence-corrected chi connectivity index (χ1v) is 8.56. The van der Waals surface area contributed by atoms with Crippen molar-refractivity contribution in [3.05, 3.63) is 53.6 Å². The van der Waals surface area contributed by atoms with Crippen LogP contribution in [0.1, 0.15) is 18.1 Å². The van der Waals surface area contributed by atoms with Crippen molar-refractivity contribution in [2.45, 2.75) is 26.1 Å². The van der Waals surface area contributed by atoms with Crippen molar-refractivity contribution >= 4 is 5.91 Å². The van der Waals surface area contributed by atoms with Gasteiger partial charge in [0.25, 0.3) is 0 Å². The van der Waals surface area contributed by atoms with E-state index in [1.807, 2.05) is 61.3 Å². The smallest absolute Gasteiger partial charge is 0.237 e. The molecule has 1 heterocycles. The second kappa shape index (κ2) is 8.10. The van der Waals surface area contributed by atoms with Crippen LogP contribution in [-0.2, 0) is 17.9 Å². The third-order valence-corrected chi connectivity index (χ3v) is 4.51. The summed E-state index contributed by atoms with van der Waals surface area (Å²) in [7, 11) is 3.58. The lowest BCUT2D eigenvalue weighted by Crippen LogP contribution is -2.42. The maximum atomic E-state index is 12.5. The number of rotatable bonds is 7. The molecule has 0 unspecified atom stereocenters. The van der Waals surface area contributed by atoms with Crippen LogP contribution in [-0.4, -0.2) is 37.8 Å². The average Bonchev–Trinajstić information content (AvgIpc) is 3.13. The summed E-state index contributed by atoms with van der Waals surface area (Å²) in [6.45, 7) is 3.26. The SMILES string of the molecule is COc1cccc(CN(C)[C@H](C)C(=O)NCc2ccc3c(c2)OCO3)c1. The van der Waals surface area contributed by atoms with E-state index in [1.54, 1.807) is 7.11 Å². The van der Waals surface area contributed by atoms with Crippen LogP contribution in [0.25, 0.3) is 0 Å². The highest BCUT2D eigenvalue weighted by molar-refractivity contribution is 5.81. The van der Waals surface area contributed by atoms with Gasteiger partial charge in [0, 0.05) is 13.1 Å². The molecule has 0 aliphatic carbocycles. The van der Waals surface area contributed by atoms with Gasteiger partial charge in [-0.3, -0.25) is 9.69 Å². The summed E-state index contributed by atoms with van der Waals surface area (Å²) < 4.78 is 15.9. The standard InChI is InChI=1S/C20H24N2O4/c1-14(22(2)12-16-5-4-6-17(9-16)24-3)20(23)21-11-15-7-8-18-19(10-15)26-13-25-18/h4-10,14H,11-13H2,1-3H3,(H,21,23)/t14-/m1/s1. The fourth-order valence-electron chi connectivity index (χ4n) is 2.78. The molecule has 0 spiro atoms. The maximum absolute atomic E-state index is 12.5. The number of hydrogen-bond acceptors (Lipinski definition) is 5. The summed E-state index contributed by atoms with van der Waals surface area (Å²) in [4.78, 5) is 14.5. The molecule has 6 nitrogen and oxygen atoms in total. The summed E-state index contributed by atoms with van der Waals surface area (Å²) in [5.74, 6) is 2.26. The van der Waals surface area contributed by atoms with Gasteiger partial charge in [0.2, 0.25) is 12.7 Å². The van der Waals surface area contributed by atoms with Crippen LogP contribution < -0.4 is 19.5 Å². The molecular formula is C20H24N2O4. The Hall–Kier alpha value is -2.73. The molecule has 1 amide bonds. The number of ether oxygens (including phenoxy) is 3. The van der Waals surface area contributed by atoms with Crippen LogP contribution in [0.5, 0.6) is 17.2 Å². The van der Waals surface area contributed by atoms with Gasteiger partial charge in [0.1, 0.15) is 5.75 Å². The second-order valence-electron chi connectivity index (χ2n) is 6.35. The zero-order valence-corrected chi connectivity index (χ0v) is 15.3. The van der Waals surface area contributed by atoms with Crippen molar-refractivity contribution < 1.29 is 19.0 Å². The van der Waals surface area contributed by atoms with Crippen LogP contribution in [0.3, 0.4) is 0 Å². The molecule has 0 aromatic heterocycles. The quantitative estimate of drug-likeness (QED) is 0.826. The molecule has 0 radical (unpaired) electrons. The number of methoxy groups -OCH3 is 1. The van der Waals surface area contributed by atoms with E-state index in [4.69, 9.17) is 14.2 Å². The van der Waals surface area contributed by atoms with Crippen LogP contribution in [0.2, 0.25) is 0 Å². The second-order valence-corrected chi connectivity index (χ2v) is 6.35. The first-order chi connectivity index (χ1) is 12.6. The van der Waals surface area contributed by atoms with Crippen molar-refractivity contribution in [2.75, 3.05) is 21.0 Å². The highest BCUT2D eigenvalue weighted by Gasteiger charge is 2.19. The first-order valence-electron chi connectivity index (χ1n) is 8.56. The molecule has 0 saturated carbocycles. The topological polar surface area (TPSA) is 60.0 Å². The summed E-state index contributed by atoms with van der Waals surface area (Å²) in [6.07, 6.45) is 0. The van der Waals surface area contributed by atoms with Gasteiger partial charge in [-0.25, -0.2) is 0 Å². The van der Waals surface area contributed by atoms with Crippen molar-refractivity contribution in [3.63, 3.8) is 0 Å². The number of carbonyl (C=O) groups is 1. The van der Waals surface area contributed by atoms with Crippen molar-refractivity contribution in [2.24, 2.45) is 0 Å². The van der Waals surface area contributed by atoms with Crippen LogP contribution in [0, 0.1) is 0 Å². The Morgan fingerprint density at radius 1 is 1.19 bits per heavy atom. The van der Waals surface area contributed by atoms with Gasteiger partial charge in [-0.05, 0) is 49.4 Å². The zero-order valence-electron chi connectivity index (χ0n) is 15.3. The van der Waals surface area contributed by atoms with E-state index in [0.717, 1.165) is 28.4 Å². The van der Waals surface area contributed by atoms with Gasteiger partial charge in [-0.15, -0.1) is 0 Å². The number of nitrogens with zero attached hydrogens (tertiary/aromatic N) is 1. The van der Waals surface area contributed by atoms with Gasteiger partial charge in [0.15, 0.2) is 11.5 Å². The summed E-state index contributed by atoms with van der Waals surface area (Å²) in [5.41, 5.74) is 2.08. The Bertz CT molecular complexity index is 778. The number of benzene rings is 2. The molecule has 1 N–H and O–H groups in total. The monoisotopic (exact) mass is 356 g/mol. The van der Waals surface area contributed by atoms with Gasteiger partial charge in [-0.1, -0.05) is 18.2 Å². The van der Waals surface area contributed by atoms with Gasteiger partial charge >= 0.3 is 0 Å². The normalized spacial score (nSPS) is 13.5. The highest BCUT2D eigenvalue weighted by atomic mass is 16.7. The highest BCUT2D eigenvalue weighted by Crippen LogP contribution is 2.32. The largest absolute Gasteiger partial charge is 0.497 e. The van der Waals surface area contributed by atoms with Crippen LogP contribution in [0.4, 0.5) is 0 Å². The van der Waals surface area contributed by atoms with E-state index >= 15 is 0 Å². The van der Waals surface area contributed by atoms with E-state index in [2.05, 4.69) is 5.32 Å². The molecular weight excluding hydrogens is 332 g/mol. The van der Waals surface area contributed by atoms with Crippen molar-refractivity contribution in [3.8, 4) is 17.2 Å². The van der Waals surface area contributed by atoms with Crippen molar-refractivity contribution in [1.82, 2.24) is 10.2 Å². The number of carbonyl (C=O) groups excluding carboxylic acids is 1. The predicted octanol–water partition coefficient (Wildman–Crippen LogP) is 2.56. The third-order valence-electron chi connectivity index (χ3n) is 4.51. The van der Waals surface area contributed by atoms with Gasteiger partial charge < -0.3 is 19.5 Å². The lowest BCUT2D eigenvalue weighted by atomic mass is 10.1. The summed E-state index contributed by atoms with van der Waals surface area (Å²) in [6, 6.07) is 13.3. The summed E-state index contributed by atoms with van der Waals surface area (Å²) in [5, 5.41) is 2.98. The van der Waals surface area contributed by atoms with Gasteiger partial charge in [-0.2, -0.15) is 0 Å². The Kier molecular flexibility index (Phi) is 5.63. The minimum absolute atomic E-state index is 0.0203. The van der Waals surface area contributed by atoms with E-state index in [1.165, 1.54) is 0 Å². The molecule has 0 bridgehead atoms. The predicted molar refractivity (Wildman–Crippen MR) is 98.3 cm³/mol. The molecule has 3 rings (SSSR count). The van der Waals surface area contributed by atoms with E-state index in [0.29, 0.717) is 13.1 Å². The van der Waals surface area contributed by atoms with Gasteiger partial charge in [0.05, 0.1) is 13.2 Å². The van der Waals surface area contributed by atoms with Crippen LogP contribution in [0.15, 0.2) is 42.5 Å². The molecule has 26 heavy (non-hydrogen) atoms. The van der Waals surface area contributed by atoms with Crippen LogP contribution >= 0.6 is 0 Å². The number of nitrogens with one attached hydrogen (secondary N) is 1. The third kappa shape index (κ3) is 4.26. The minimum atomic E-state index is -0.254. The Morgan fingerprint density at radius 2 is 2.00 bits per heavy atom. The number of likely N-dealkylation sites (N-methyl/N-ethyl adjacent to an activating group) is 1. The minimum Gasteiger partial charge on any atom is -0.497 e. The first kappa shape index (κ1) is 18.1. The molecule has 6 heteroatoms. The fourth-order valence-corrected chi connectivity index (χ4v) is 2.78. The molecule has 2 aromatic rings. The zero-order chi connectivity index (χ0) is 18.5. The Labute approximate surface area is 153 Å².